The molecule has 2 aromatic rings. The Kier molecular flexibility index (Phi) is 11.5. The van der Waals surface area contributed by atoms with E-state index in [9.17, 15) is 26.3 Å². The van der Waals surface area contributed by atoms with Crippen molar-refractivity contribution in [3.05, 3.63) is 52.0 Å². The van der Waals surface area contributed by atoms with Crippen LogP contribution in [0.1, 0.15) is 28.3 Å². The van der Waals surface area contributed by atoms with E-state index >= 15 is 0 Å². The maximum absolute atomic E-state index is 10.6. The van der Waals surface area contributed by atoms with Gasteiger partial charge in [-0.3, -0.25) is 9.88 Å². The third-order valence-corrected chi connectivity index (χ3v) is 6.38. The molecule has 0 radical (unpaired) electrons. The van der Waals surface area contributed by atoms with E-state index in [2.05, 4.69) is 28.9 Å². The quantitative estimate of drug-likeness (QED) is 0.498. The lowest BCUT2D eigenvalue weighted by Crippen LogP contribution is -2.41. The number of aliphatic carboxylic acids is 2. The summed E-state index contributed by atoms with van der Waals surface area (Å²) in [6.07, 6.45) is -5.66. The van der Waals surface area contributed by atoms with Crippen molar-refractivity contribution in [3.8, 4) is 0 Å². The molecule has 2 fully saturated rings. The van der Waals surface area contributed by atoms with Gasteiger partial charge in [-0.15, -0.1) is 11.3 Å². The number of fused-ring (bicyclic) bond motifs is 1. The van der Waals surface area contributed by atoms with Crippen LogP contribution in [-0.2, 0) is 32.2 Å². The fourth-order valence-electron chi connectivity index (χ4n) is 3.78. The first-order valence-corrected chi connectivity index (χ1v) is 12.0. The number of hydrogen-bond acceptors (Lipinski definition) is 7. The minimum atomic E-state index is -5.08. The third-order valence-electron chi connectivity index (χ3n) is 5.40. The summed E-state index contributed by atoms with van der Waals surface area (Å²) in [7, 11) is 0. The molecule has 0 spiro atoms. The Morgan fingerprint density at radius 1 is 1.11 bits per heavy atom. The van der Waals surface area contributed by atoms with Crippen LogP contribution < -0.4 is 0 Å². The summed E-state index contributed by atoms with van der Waals surface area (Å²) in [6.45, 7) is 5.54. The van der Waals surface area contributed by atoms with Gasteiger partial charge in [0.25, 0.3) is 0 Å². The van der Waals surface area contributed by atoms with Gasteiger partial charge >= 0.3 is 24.3 Å². The number of carboxylic acid groups (broad SMARTS) is 2. The molecule has 38 heavy (non-hydrogen) atoms. The normalized spacial score (nSPS) is 21.4. The molecule has 15 heteroatoms. The molecule has 3 atom stereocenters. The Balaban J connectivity index is 0.000000301. The first kappa shape index (κ1) is 31.5. The number of alkyl halides is 6. The highest BCUT2D eigenvalue weighted by Gasteiger charge is 2.44. The largest absolute Gasteiger partial charge is 0.490 e. The molecule has 212 valence electrons. The lowest BCUT2D eigenvalue weighted by atomic mass is 10.0. The Bertz CT molecular complexity index is 1010. The number of likely N-dealkylation sites (tertiary alicyclic amines) is 1. The van der Waals surface area contributed by atoms with Crippen molar-refractivity contribution in [1.29, 1.82) is 0 Å². The monoisotopic (exact) mass is 572 g/mol. The molecule has 0 amide bonds. The standard InChI is InChI=1S/C19H24N2O2S.2C2HF3O2/c1-14-7-8-16(24-14)11-21-12-18(19-17(21)6-4-10-22-19)23-13-15-5-2-3-9-20-15;2*3-2(4,5)1(6)7/h2-3,5,7-9,17-19H,4,6,10-13H2,1H3;2*(H,6,7)/t17-,18+,19+;;/m1../s1. The van der Waals surface area contributed by atoms with Gasteiger partial charge in [0.2, 0.25) is 0 Å². The van der Waals surface area contributed by atoms with Gasteiger partial charge in [-0.1, -0.05) is 6.07 Å². The molecule has 2 N–H and O–H groups in total. The number of aryl methyl sites for hydroxylation is 1. The molecule has 8 nitrogen and oxygen atoms in total. The topological polar surface area (TPSA) is 109 Å². The second kappa shape index (κ2) is 13.9. The van der Waals surface area contributed by atoms with Gasteiger partial charge in [0, 0.05) is 41.7 Å². The highest BCUT2D eigenvalue weighted by Crippen LogP contribution is 2.33. The maximum Gasteiger partial charge on any atom is 0.490 e. The molecular formula is C23H26F6N2O6S. The summed E-state index contributed by atoms with van der Waals surface area (Å²) >= 11 is 1.89. The molecule has 2 aliphatic rings. The molecule has 0 saturated carbocycles. The van der Waals surface area contributed by atoms with E-state index in [4.69, 9.17) is 29.3 Å². The van der Waals surface area contributed by atoms with Crippen molar-refractivity contribution < 1.29 is 55.6 Å². The van der Waals surface area contributed by atoms with E-state index in [-0.39, 0.29) is 12.2 Å². The zero-order valence-corrected chi connectivity index (χ0v) is 20.9. The fourth-order valence-corrected chi connectivity index (χ4v) is 4.69. The summed E-state index contributed by atoms with van der Waals surface area (Å²) in [5.74, 6) is -5.51. The molecule has 2 saturated heterocycles. The molecule has 2 aliphatic heterocycles. The molecule has 4 rings (SSSR count). The van der Waals surface area contributed by atoms with Crippen LogP contribution in [0, 0.1) is 6.92 Å². The van der Waals surface area contributed by atoms with E-state index < -0.39 is 24.3 Å². The van der Waals surface area contributed by atoms with E-state index in [1.54, 1.807) is 0 Å². The first-order valence-electron chi connectivity index (χ1n) is 11.2. The number of carboxylic acids is 2. The van der Waals surface area contributed by atoms with Gasteiger partial charge in [-0.05, 0) is 44.0 Å². The molecule has 0 unspecified atom stereocenters. The number of thiophene rings is 1. The van der Waals surface area contributed by atoms with Crippen molar-refractivity contribution in [2.45, 2.75) is 63.5 Å². The van der Waals surface area contributed by atoms with Crippen LogP contribution in [0.5, 0.6) is 0 Å². The third kappa shape index (κ3) is 10.2. The Labute approximate surface area is 217 Å². The van der Waals surface area contributed by atoms with E-state index in [1.807, 2.05) is 35.7 Å². The minimum Gasteiger partial charge on any atom is -0.475 e. The number of rotatable bonds is 5. The number of ether oxygens (including phenoxy) is 2. The van der Waals surface area contributed by atoms with Gasteiger partial charge in [-0.25, -0.2) is 9.59 Å². The van der Waals surface area contributed by atoms with Crippen molar-refractivity contribution in [1.82, 2.24) is 9.88 Å². The highest BCUT2D eigenvalue weighted by molar-refractivity contribution is 7.11. The maximum atomic E-state index is 10.6. The van der Waals surface area contributed by atoms with Gasteiger partial charge in [0.15, 0.2) is 0 Å². The number of nitrogens with zero attached hydrogens (tertiary/aromatic N) is 2. The Morgan fingerprint density at radius 2 is 1.74 bits per heavy atom. The Hall–Kier alpha value is -2.75. The van der Waals surface area contributed by atoms with Gasteiger partial charge in [-0.2, -0.15) is 26.3 Å². The van der Waals surface area contributed by atoms with Crippen LogP contribution in [0.25, 0.3) is 0 Å². The van der Waals surface area contributed by atoms with Crippen LogP contribution in [0.3, 0.4) is 0 Å². The smallest absolute Gasteiger partial charge is 0.475 e. The molecular weight excluding hydrogens is 546 g/mol. The number of hydrogen-bond donors (Lipinski definition) is 2. The average molecular weight is 573 g/mol. The van der Waals surface area contributed by atoms with Crippen LogP contribution in [0.4, 0.5) is 26.3 Å². The summed E-state index contributed by atoms with van der Waals surface area (Å²) in [4.78, 5) is 27.5. The van der Waals surface area contributed by atoms with Crippen molar-refractivity contribution in [2.75, 3.05) is 13.2 Å². The fraction of sp³-hybridized carbons (Fsp3) is 0.522. The molecule has 4 heterocycles. The summed E-state index contributed by atoms with van der Waals surface area (Å²) in [5.41, 5.74) is 0.984. The van der Waals surface area contributed by atoms with Gasteiger partial charge < -0.3 is 19.7 Å². The van der Waals surface area contributed by atoms with E-state index in [0.717, 1.165) is 31.8 Å². The Morgan fingerprint density at radius 3 is 2.24 bits per heavy atom. The number of halogens is 6. The lowest BCUT2D eigenvalue weighted by Gasteiger charge is -2.32. The van der Waals surface area contributed by atoms with Crippen LogP contribution in [0.2, 0.25) is 0 Å². The van der Waals surface area contributed by atoms with Gasteiger partial charge in [0.1, 0.15) is 6.10 Å². The molecule has 0 bridgehead atoms. The second-order valence-corrected chi connectivity index (χ2v) is 9.64. The van der Waals surface area contributed by atoms with Crippen LogP contribution in [0.15, 0.2) is 36.5 Å². The number of aromatic nitrogens is 1. The molecule has 2 aromatic heterocycles. The van der Waals surface area contributed by atoms with Crippen molar-refractivity contribution >= 4 is 23.3 Å². The van der Waals surface area contributed by atoms with Crippen molar-refractivity contribution in [2.24, 2.45) is 0 Å². The van der Waals surface area contributed by atoms with E-state index in [0.29, 0.717) is 12.6 Å². The van der Waals surface area contributed by atoms with E-state index in [1.165, 1.54) is 16.2 Å². The average Bonchev–Trinajstić information content (AvgIpc) is 3.41. The summed E-state index contributed by atoms with van der Waals surface area (Å²) in [5, 5.41) is 14.2. The van der Waals surface area contributed by atoms with Gasteiger partial charge in [0.05, 0.1) is 18.4 Å². The zero-order valence-electron chi connectivity index (χ0n) is 20.0. The molecule has 0 aliphatic carbocycles. The van der Waals surface area contributed by atoms with Crippen molar-refractivity contribution in [3.63, 3.8) is 0 Å². The zero-order chi connectivity index (χ0) is 28.5. The second-order valence-electron chi connectivity index (χ2n) is 8.26. The lowest BCUT2D eigenvalue weighted by molar-refractivity contribution is -0.193. The number of carbonyl (C=O) groups is 2. The van der Waals surface area contributed by atoms with Crippen LogP contribution in [-0.4, -0.2) is 75.8 Å². The summed E-state index contributed by atoms with van der Waals surface area (Å²) < 4.78 is 75.8. The molecule has 0 aromatic carbocycles. The predicted molar refractivity (Wildman–Crippen MR) is 122 cm³/mol. The summed E-state index contributed by atoms with van der Waals surface area (Å²) in [6, 6.07) is 10.9. The first-order chi connectivity index (χ1) is 17.7. The van der Waals surface area contributed by atoms with Crippen LogP contribution >= 0.6 is 11.3 Å². The SMILES string of the molecule is Cc1ccc(CN2C[C@H](OCc3ccccn3)[C@H]3OCCC[C@H]32)s1.O=C(O)C(F)(F)F.O=C(O)C(F)(F)F. The minimum absolute atomic E-state index is 0.137. The number of pyridine rings is 1. The predicted octanol–water partition coefficient (Wildman–Crippen LogP) is 4.67. The highest BCUT2D eigenvalue weighted by atomic mass is 32.1.